The highest BCUT2D eigenvalue weighted by Gasteiger charge is 2.29. The SMILES string of the molecule is CC(NC(=O)C(N)CCCN=C(N)N)C(=O)NC(CCCCN)C(=O)NC(Cc1cnc[nH]1)C(=O)O. The molecule has 1 aromatic rings. The average molecular weight is 511 g/mol. The number of imidazole rings is 1. The van der Waals surface area contributed by atoms with Gasteiger partial charge >= 0.3 is 5.97 Å². The largest absolute Gasteiger partial charge is 0.480 e. The van der Waals surface area contributed by atoms with Gasteiger partial charge in [0, 0.05) is 24.9 Å². The van der Waals surface area contributed by atoms with E-state index in [2.05, 4.69) is 30.9 Å². The summed E-state index contributed by atoms with van der Waals surface area (Å²) in [5, 5.41) is 17.1. The van der Waals surface area contributed by atoms with Crippen molar-refractivity contribution in [3.8, 4) is 0 Å². The van der Waals surface area contributed by atoms with Crippen molar-refractivity contribution in [1.82, 2.24) is 25.9 Å². The predicted molar refractivity (Wildman–Crippen MR) is 132 cm³/mol. The second-order valence-corrected chi connectivity index (χ2v) is 8.31. The van der Waals surface area contributed by atoms with Crippen molar-refractivity contribution in [3.05, 3.63) is 18.2 Å². The van der Waals surface area contributed by atoms with Gasteiger partial charge in [0.1, 0.15) is 18.1 Å². The van der Waals surface area contributed by atoms with E-state index >= 15 is 0 Å². The Morgan fingerprint density at radius 3 is 2.31 bits per heavy atom. The number of aliphatic imine (C=N–C) groups is 1. The molecule has 0 radical (unpaired) electrons. The van der Waals surface area contributed by atoms with E-state index in [9.17, 15) is 24.3 Å². The molecule has 1 aromatic heterocycles. The molecule has 3 amide bonds. The van der Waals surface area contributed by atoms with E-state index in [0.717, 1.165) is 0 Å². The van der Waals surface area contributed by atoms with Crippen LogP contribution in [-0.4, -0.2) is 82.0 Å². The van der Waals surface area contributed by atoms with Crippen LogP contribution in [0.4, 0.5) is 0 Å². The molecule has 0 spiro atoms. The number of carboxylic acid groups (broad SMARTS) is 1. The normalized spacial score (nSPS) is 14.1. The Bertz CT molecular complexity index is 872. The molecular formula is C21H38N10O5. The van der Waals surface area contributed by atoms with Gasteiger partial charge in [-0.25, -0.2) is 9.78 Å². The Labute approximate surface area is 209 Å². The van der Waals surface area contributed by atoms with Crippen molar-refractivity contribution < 1.29 is 24.3 Å². The number of carboxylic acids is 1. The van der Waals surface area contributed by atoms with Gasteiger partial charge in [0.15, 0.2) is 5.96 Å². The molecule has 0 bridgehead atoms. The predicted octanol–water partition coefficient (Wildman–Crippen LogP) is -2.98. The summed E-state index contributed by atoms with van der Waals surface area (Å²) in [4.78, 5) is 60.0. The number of hydrogen-bond acceptors (Lipinski definition) is 8. The third kappa shape index (κ3) is 11.6. The molecule has 0 saturated carbocycles. The molecule has 0 fully saturated rings. The molecule has 0 saturated heterocycles. The number of rotatable bonds is 17. The number of unbranched alkanes of at least 4 members (excludes halogenated alkanes) is 1. The number of H-pyrrole nitrogens is 1. The van der Waals surface area contributed by atoms with Crippen LogP contribution < -0.4 is 38.9 Å². The van der Waals surface area contributed by atoms with Gasteiger partial charge in [0.25, 0.3) is 0 Å². The molecule has 0 aromatic carbocycles. The highest BCUT2D eigenvalue weighted by atomic mass is 16.4. The van der Waals surface area contributed by atoms with Crippen molar-refractivity contribution in [2.45, 2.75) is 69.6 Å². The number of nitrogens with two attached hydrogens (primary N) is 4. The molecule has 36 heavy (non-hydrogen) atoms. The molecular weight excluding hydrogens is 472 g/mol. The quantitative estimate of drug-likeness (QED) is 0.0582. The number of amides is 3. The molecule has 0 aliphatic rings. The van der Waals surface area contributed by atoms with Crippen molar-refractivity contribution in [1.29, 1.82) is 0 Å². The molecule has 4 atom stereocenters. The van der Waals surface area contributed by atoms with Crippen LogP contribution in [-0.2, 0) is 25.6 Å². The number of guanidine groups is 1. The van der Waals surface area contributed by atoms with Crippen LogP contribution in [0.5, 0.6) is 0 Å². The zero-order chi connectivity index (χ0) is 27.1. The standard InChI is InChI=1S/C21H38N10O5/c1-12(29-18(33)14(23)5-4-8-27-21(24)25)17(32)30-15(6-2-3-7-22)19(34)31-16(20(35)36)9-13-10-26-11-28-13/h10-12,14-16H,2-9,22-23H2,1H3,(H,26,28)(H,29,33)(H,30,32)(H,31,34)(H,35,36)(H4,24,25,27). The van der Waals surface area contributed by atoms with Gasteiger partial charge < -0.3 is 49.0 Å². The fourth-order valence-electron chi connectivity index (χ4n) is 3.18. The number of aromatic nitrogens is 2. The van der Waals surface area contributed by atoms with Gasteiger partial charge in [-0.3, -0.25) is 19.4 Å². The number of aromatic amines is 1. The van der Waals surface area contributed by atoms with Crippen LogP contribution in [0.15, 0.2) is 17.5 Å². The molecule has 13 N–H and O–H groups in total. The first kappa shape index (κ1) is 30.3. The highest BCUT2D eigenvalue weighted by molar-refractivity contribution is 5.93. The minimum atomic E-state index is -1.24. The van der Waals surface area contributed by atoms with Crippen LogP contribution in [0, 0.1) is 0 Å². The second kappa shape index (κ2) is 16.0. The van der Waals surface area contributed by atoms with E-state index in [0.29, 0.717) is 44.5 Å². The molecule has 0 aliphatic carbocycles. The first-order chi connectivity index (χ1) is 17.0. The van der Waals surface area contributed by atoms with Crippen LogP contribution in [0.3, 0.4) is 0 Å². The minimum Gasteiger partial charge on any atom is -0.480 e. The summed E-state index contributed by atoms with van der Waals surface area (Å²) in [6.45, 7) is 2.16. The summed E-state index contributed by atoms with van der Waals surface area (Å²) in [6.07, 6.45) is 4.98. The van der Waals surface area contributed by atoms with Crippen LogP contribution in [0.2, 0.25) is 0 Å². The van der Waals surface area contributed by atoms with E-state index in [1.54, 1.807) is 0 Å². The Hall–Kier alpha value is -3.72. The highest BCUT2D eigenvalue weighted by Crippen LogP contribution is 2.05. The number of carbonyl (C=O) groups is 4. The fraction of sp³-hybridized carbons (Fsp3) is 0.619. The molecule has 1 heterocycles. The Balaban J connectivity index is 2.72. The summed E-state index contributed by atoms with van der Waals surface area (Å²) in [6, 6.07) is -4.13. The molecule has 0 aliphatic heterocycles. The van der Waals surface area contributed by atoms with E-state index in [1.807, 2.05) is 0 Å². The van der Waals surface area contributed by atoms with Gasteiger partial charge in [-0.1, -0.05) is 0 Å². The zero-order valence-corrected chi connectivity index (χ0v) is 20.4. The Morgan fingerprint density at radius 1 is 1.03 bits per heavy atom. The van der Waals surface area contributed by atoms with Crippen LogP contribution >= 0.6 is 0 Å². The Kier molecular flexibility index (Phi) is 13.5. The zero-order valence-electron chi connectivity index (χ0n) is 20.4. The number of aliphatic carboxylic acids is 1. The molecule has 15 nitrogen and oxygen atoms in total. The van der Waals surface area contributed by atoms with Gasteiger partial charge in [0.05, 0.1) is 12.4 Å². The van der Waals surface area contributed by atoms with Crippen molar-refractivity contribution in [3.63, 3.8) is 0 Å². The number of carbonyl (C=O) groups excluding carboxylic acids is 3. The monoisotopic (exact) mass is 510 g/mol. The van der Waals surface area contributed by atoms with Crippen LogP contribution in [0.1, 0.15) is 44.7 Å². The lowest BCUT2D eigenvalue weighted by Gasteiger charge is -2.23. The Morgan fingerprint density at radius 2 is 1.72 bits per heavy atom. The van der Waals surface area contributed by atoms with Crippen molar-refractivity contribution in [2.24, 2.45) is 27.9 Å². The molecule has 1 rings (SSSR count). The lowest BCUT2D eigenvalue weighted by atomic mass is 10.1. The first-order valence-corrected chi connectivity index (χ1v) is 11.7. The maximum Gasteiger partial charge on any atom is 0.326 e. The van der Waals surface area contributed by atoms with Gasteiger partial charge in [-0.05, 0) is 45.6 Å². The summed E-state index contributed by atoms with van der Waals surface area (Å²) >= 11 is 0. The number of nitrogens with zero attached hydrogens (tertiary/aromatic N) is 2. The lowest BCUT2D eigenvalue weighted by molar-refractivity contribution is -0.142. The first-order valence-electron chi connectivity index (χ1n) is 11.7. The topological polar surface area (TPSA) is 270 Å². The summed E-state index contributed by atoms with van der Waals surface area (Å²) in [5.74, 6) is -3.12. The number of nitrogens with one attached hydrogen (secondary N) is 4. The van der Waals surface area contributed by atoms with Crippen molar-refractivity contribution in [2.75, 3.05) is 13.1 Å². The maximum absolute atomic E-state index is 12.9. The molecule has 15 heteroatoms. The summed E-state index contributed by atoms with van der Waals surface area (Å²) < 4.78 is 0. The maximum atomic E-state index is 12.9. The van der Waals surface area contributed by atoms with Gasteiger partial charge in [-0.15, -0.1) is 0 Å². The molecule has 202 valence electrons. The lowest BCUT2D eigenvalue weighted by Crippen LogP contribution is -2.56. The smallest absolute Gasteiger partial charge is 0.326 e. The number of hydrogen-bond donors (Lipinski definition) is 9. The van der Waals surface area contributed by atoms with E-state index in [4.69, 9.17) is 22.9 Å². The van der Waals surface area contributed by atoms with E-state index in [-0.39, 0.29) is 18.8 Å². The third-order valence-corrected chi connectivity index (χ3v) is 5.23. The summed E-state index contributed by atoms with van der Waals surface area (Å²) in [7, 11) is 0. The van der Waals surface area contributed by atoms with E-state index < -0.39 is 47.9 Å². The third-order valence-electron chi connectivity index (χ3n) is 5.23. The minimum absolute atomic E-state index is 0.0158. The second-order valence-electron chi connectivity index (χ2n) is 8.31. The van der Waals surface area contributed by atoms with Crippen molar-refractivity contribution >= 4 is 29.7 Å². The molecule has 4 unspecified atom stereocenters. The summed E-state index contributed by atoms with van der Waals surface area (Å²) in [5.41, 5.74) is 22.4. The fourth-order valence-corrected chi connectivity index (χ4v) is 3.18. The van der Waals surface area contributed by atoms with E-state index in [1.165, 1.54) is 19.4 Å². The van der Waals surface area contributed by atoms with Crippen LogP contribution in [0.25, 0.3) is 0 Å². The average Bonchev–Trinajstić information content (AvgIpc) is 3.33. The van der Waals surface area contributed by atoms with Gasteiger partial charge in [0.2, 0.25) is 17.7 Å². The van der Waals surface area contributed by atoms with Gasteiger partial charge in [-0.2, -0.15) is 0 Å².